The molecule has 0 amide bonds. The average Bonchev–Trinajstić information content (AvgIpc) is 2.16. The molecule has 82 valence electrons. The van der Waals surface area contributed by atoms with Gasteiger partial charge in [-0.2, -0.15) is 0 Å². The molecule has 0 radical (unpaired) electrons. The Hall–Kier alpha value is -1.02. The van der Waals surface area contributed by atoms with Crippen molar-refractivity contribution in [2.45, 2.75) is 31.8 Å². The number of benzene rings is 1. The van der Waals surface area contributed by atoms with E-state index in [1.54, 1.807) is 0 Å². The van der Waals surface area contributed by atoms with Crippen molar-refractivity contribution in [1.82, 2.24) is 5.32 Å². The Balaban J connectivity index is 1.86. The molecule has 0 aliphatic heterocycles. The van der Waals surface area contributed by atoms with Gasteiger partial charge in [-0.25, -0.2) is 0 Å². The molecule has 1 aromatic rings. The molecular weight excluding hydrogens is 184 g/mol. The molecule has 2 rings (SSSR count). The van der Waals surface area contributed by atoms with Crippen molar-refractivity contribution >= 4 is 5.69 Å². The highest BCUT2D eigenvalue weighted by atomic mass is 15.1. The summed E-state index contributed by atoms with van der Waals surface area (Å²) < 4.78 is 0. The molecule has 0 heterocycles. The van der Waals surface area contributed by atoms with Gasteiger partial charge in [-0.15, -0.1) is 0 Å². The first-order valence-corrected chi connectivity index (χ1v) is 5.75. The molecule has 1 fully saturated rings. The van der Waals surface area contributed by atoms with Crippen molar-refractivity contribution in [2.75, 3.05) is 19.0 Å². The lowest BCUT2D eigenvalue weighted by molar-refractivity contribution is 0.338. The second-order valence-corrected chi connectivity index (χ2v) is 4.57. The van der Waals surface area contributed by atoms with Gasteiger partial charge >= 0.3 is 0 Å². The molecule has 2 nitrogen and oxygen atoms in total. The molecule has 0 atom stereocenters. The zero-order valence-corrected chi connectivity index (χ0v) is 9.66. The van der Waals surface area contributed by atoms with E-state index in [0.29, 0.717) is 0 Å². The SMILES string of the molecule is CN(C)c1ccc(CNC2CCC2)cc1. The molecule has 0 bridgehead atoms. The van der Waals surface area contributed by atoms with E-state index in [2.05, 4.69) is 48.6 Å². The van der Waals surface area contributed by atoms with Crippen molar-refractivity contribution < 1.29 is 0 Å². The molecule has 0 unspecified atom stereocenters. The first-order valence-electron chi connectivity index (χ1n) is 5.75. The summed E-state index contributed by atoms with van der Waals surface area (Å²) in [6.45, 7) is 1.01. The zero-order chi connectivity index (χ0) is 10.7. The Bertz CT molecular complexity index is 299. The first-order chi connectivity index (χ1) is 7.25. The Morgan fingerprint density at radius 1 is 1.20 bits per heavy atom. The van der Waals surface area contributed by atoms with Gasteiger partial charge in [0.05, 0.1) is 0 Å². The maximum absolute atomic E-state index is 3.57. The fraction of sp³-hybridized carbons (Fsp3) is 0.538. The summed E-state index contributed by atoms with van der Waals surface area (Å²) in [6.07, 6.45) is 4.11. The van der Waals surface area contributed by atoms with Crippen molar-refractivity contribution in [1.29, 1.82) is 0 Å². The largest absolute Gasteiger partial charge is 0.378 e. The van der Waals surface area contributed by atoms with Crippen LogP contribution in [0.2, 0.25) is 0 Å². The molecule has 0 aromatic heterocycles. The quantitative estimate of drug-likeness (QED) is 0.810. The summed E-state index contributed by atoms with van der Waals surface area (Å²) in [5.41, 5.74) is 2.65. The smallest absolute Gasteiger partial charge is 0.0361 e. The lowest BCUT2D eigenvalue weighted by atomic mass is 9.93. The van der Waals surface area contributed by atoms with Gasteiger partial charge in [-0.1, -0.05) is 18.6 Å². The minimum Gasteiger partial charge on any atom is -0.378 e. The van der Waals surface area contributed by atoms with Gasteiger partial charge in [-0.05, 0) is 30.5 Å². The van der Waals surface area contributed by atoms with Gasteiger partial charge in [-0.3, -0.25) is 0 Å². The highest BCUT2D eigenvalue weighted by Gasteiger charge is 2.15. The minimum absolute atomic E-state index is 0.776. The topological polar surface area (TPSA) is 15.3 Å². The number of rotatable bonds is 4. The van der Waals surface area contributed by atoms with Gasteiger partial charge in [0.2, 0.25) is 0 Å². The Kier molecular flexibility index (Phi) is 3.27. The van der Waals surface area contributed by atoms with E-state index in [1.807, 2.05) is 0 Å². The lowest BCUT2D eigenvalue weighted by Gasteiger charge is -2.26. The van der Waals surface area contributed by atoms with Crippen LogP contribution in [0.25, 0.3) is 0 Å². The summed E-state index contributed by atoms with van der Waals surface area (Å²) in [6, 6.07) is 9.55. The minimum atomic E-state index is 0.776. The Labute approximate surface area is 92.3 Å². The van der Waals surface area contributed by atoms with Crippen LogP contribution in [0.15, 0.2) is 24.3 Å². The zero-order valence-electron chi connectivity index (χ0n) is 9.66. The monoisotopic (exact) mass is 204 g/mol. The lowest BCUT2D eigenvalue weighted by Crippen LogP contribution is -2.34. The van der Waals surface area contributed by atoms with Crippen molar-refractivity contribution in [3.63, 3.8) is 0 Å². The van der Waals surface area contributed by atoms with Crippen LogP contribution < -0.4 is 10.2 Å². The molecule has 1 aromatic carbocycles. The number of nitrogens with zero attached hydrogens (tertiary/aromatic N) is 1. The van der Waals surface area contributed by atoms with Gasteiger partial charge in [0.15, 0.2) is 0 Å². The summed E-state index contributed by atoms with van der Waals surface area (Å²) in [5.74, 6) is 0. The summed E-state index contributed by atoms with van der Waals surface area (Å²) >= 11 is 0. The van der Waals surface area contributed by atoms with Gasteiger partial charge in [0.1, 0.15) is 0 Å². The van der Waals surface area contributed by atoms with Crippen LogP contribution >= 0.6 is 0 Å². The molecule has 15 heavy (non-hydrogen) atoms. The van der Waals surface area contributed by atoms with E-state index < -0.39 is 0 Å². The highest BCUT2D eigenvalue weighted by molar-refractivity contribution is 5.45. The van der Waals surface area contributed by atoms with Crippen molar-refractivity contribution in [3.8, 4) is 0 Å². The highest BCUT2D eigenvalue weighted by Crippen LogP contribution is 2.19. The van der Waals surface area contributed by atoms with Crippen LogP contribution in [0.1, 0.15) is 24.8 Å². The predicted octanol–water partition coefficient (Wildman–Crippen LogP) is 2.39. The number of hydrogen-bond acceptors (Lipinski definition) is 2. The summed E-state index contributed by atoms with van der Waals surface area (Å²) in [7, 11) is 4.14. The van der Waals surface area contributed by atoms with Crippen LogP contribution in [0.5, 0.6) is 0 Å². The number of nitrogens with one attached hydrogen (secondary N) is 1. The fourth-order valence-corrected chi connectivity index (χ4v) is 1.79. The Morgan fingerprint density at radius 3 is 2.33 bits per heavy atom. The third kappa shape index (κ3) is 2.72. The molecular formula is C13H20N2. The van der Waals surface area contributed by atoms with Crippen molar-refractivity contribution in [2.24, 2.45) is 0 Å². The van der Waals surface area contributed by atoms with Crippen LogP contribution in [-0.4, -0.2) is 20.1 Å². The first kappa shape index (κ1) is 10.5. The summed E-state index contributed by atoms with van der Waals surface area (Å²) in [4.78, 5) is 2.13. The molecule has 2 heteroatoms. The maximum Gasteiger partial charge on any atom is 0.0361 e. The van der Waals surface area contributed by atoms with E-state index in [4.69, 9.17) is 0 Å². The average molecular weight is 204 g/mol. The maximum atomic E-state index is 3.57. The van der Waals surface area contributed by atoms with Gasteiger partial charge < -0.3 is 10.2 Å². The second kappa shape index (κ2) is 4.67. The van der Waals surface area contributed by atoms with Crippen molar-refractivity contribution in [3.05, 3.63) is 29.8 Å². The third-order valence-electron chi connectivity index (χ3n) is 3.15. The van der Waals surface area contributed by atoms with Crippen LogP contribution in [-0.2, 0) is 6.54 Å². The second-order valence-electron chi connectivity index (χ2n) is 4.57. The molecule has 0 saturated heterocycles. The van der Waals surface area contributed by atoms with E-state index in [-0.39, 0.29) is 0 Å². The van der Waals surface area contributed by atoms with Crippen LogP contribution in [0.3, 0.4) is 0 Å². The molecule has 1 aliphatic carbocycles. The standard InChI is InChI=1S/C13H20N2/c1-15(2)13-8-6-11(7-9-13)10-14-12-4-3-5-12/h6-9,12,14H,3-5,10H2,1-2H3. The van der Waals surface area contributed by atoms with E-state index >= 15 is 0 Å². The molecule has 1 aliphatic rings. The predicted molar refractivity (Wildman–Crippen MR) is 65.2 cm³/mol. The molecule has 1 N–H and O–H groups in total. The van der Waals surface area contributed by atoms with E-state index in [9.17, 15) is 0 Å². The van der Waals surface area contributed by atoms with Gasteiger partial charge in [0, 0.05) is 32.4 Å². The fourth-order valence-electron chi connectivity index (χ4n) is 1.79. The summed E-state index contributed by atoms with van der Waals surface area (Å²) in [5, 5.41) is 3.57. The van der Waals surface area contributed by atoms with E-state index in [0.717, 1.165) is 12.6 Å². The van der Waals surface area contributed by atoms with Crippen LogP contribution in [0, 0.1) is 0 Å². The normalized spacial score (nSPS) is 16.1. The number of hydrogen-bond donors (Lipinski definition) is 1. The molecule has 1 saturated carbocycles. The van der Waals surface area contributed by atoms with E-state index in [1.165, 1.54) is 30.5 Å². The third-order valence-corrected chi connectivity index (χ3v) is 3.15. The van der Waals surface area contributed by atoms with Crippen LogP contribution in [0.4, 0.5) is 5.69 Å². The Morgan fingerprint density at radius 2 is 1.87 bits per heavy atom. The van der Waals surface area contributed by atoms with Gasteiger partial charge in [0.25, 0.3) is 0 Å². The number of anilines is 1. The molecule has 0 spiro atoms.